The highest BCUT2D eigenvalue weighted by atomic mass is 16.5. The summed E-state index contributed by atoms with van der Waals surface area (Å²) in [5.41, 5.74) is 1.54. The number of rotatable bonds is 6. The monoisotopic (exact) mass is 513 g/mol. The summed E-state index contributed by atoms with van der Waals surface area (Å²) in [5, 5.41) is 6.24. The number of ether oxygens (including phenoxy) is 1. The van der Waals surface area contributed by atoms with Gasteiger partial charge in [0.25, 0.3) is 0 Å². The van der Waals surface area contributed by atoms with E-state index in [1.54, 1.807) is 4.90 Å². The molecule has 2 aromatic rings. The molecule has 0 aromatic heterocycles. The zero-order chi connectivity index (χ0) is 26.4. The summed E-state index contributed by atoms with van der Waals surface area (Å²) in [7, 11) is 0. The zero-order valence-corrected chi connectivity index (χ0v) is 21.9. The smallest absolute Gasteiger partial charge is 0.246 e. The molecule has 2 bridgehead atoms. The van der Waals surface area contributed by atoms with E-state index >= 15 is 0 Å². The number of nitrogens with one attached hydrogen (secondary N) is 2. The van der Waals surface area contributed by atoms with Gasteiger partial charge in [0.05, 0.1) is 24.0 Å². The maximum absolute atomic E-state index is 14.3. The van der Waals surface area contributed by atoms with Crippen LogP contribution in [0.5, 0.6) is 0 Å². The first-order valence-electron chi connectivity index (χ1n) is 13.8. The highest BCUT2D eigenvalue weighted by Gasteiger charge is 2.73. The van der Waals surface area contributed by atoms with Crippen molar-refractivity contribution in [2.24, 2.45) is 11.8 Å². The van der Waals surface area contributed by atoms with E-state index in [4.69, 9.17) is 4.74 Å². The molecule has 3 aliphatic heterocycles. The fraction of sp³-hybridized carbons (Fsp3) is 0.452. The SMILES string of the molecule is Cc1ccc(NC(=O)[C@H]2[C@H]3C=C[C@@]4(O3)[C@H]2C(=O)N([C@H](C)c2ccccc2)[C@@H]4C(=O)NC2CCCCC2)cc1. The van der Waals surface area contributed by atoms with E-state index in [1.165, 1.54) is 6.42 Å². The van der Waals surface area contributed by atoms with Crippen LogP contribution in [-0.2, 0) is 19.1 Å². The Kier molecular flexibility index (Phi) is 6.34. The average molecular weight is 514 g/mol. The van der Waals surface area contributed by atoms with Gasteiger partial charge in [0.1, 0.15) is 11.6 Å². The van der Waals surface area contributed by atoms with Gasteiger partial charge in [-0.25, -0.2) is 0 Å². The number of aryl methyl sites for hydroxylation is 1. The van der Waals surface area contributed by atoms with Gasteiger partial charge in [-0.2, -0.15) is 0 Å². The van der Waals surface area contributed by atoms with Gasteiger partial charge in [0, 0.05) is 11.7 Å². The van der Waals surface area contributed by atoms with Crippen molar-refractivity contribution in [1.82, 2.24) is 10.2 Å². The van der Waals surface area contributed by atoms with Crippen molar-refractivity contribution in [3.8, 4) is 0 Å². The first-order chi connectivity index (χ1) is 18.4. The minimum Gasteiger partial charge on any atom is -0.359 e. The number of nitrogens with zero attached hydrogens (tertiary/aromatic N) is 1. The molecule has 7 nitrogen and oxygen atoms in total. The standard InChI is InChI=1S/C31H35N3O4/c1-19-13-15-23(16-14-19)32-28(35)25-24-17-18-31(38-24)26(25)30(37)34(20(2)21-9-5-3-6-10-21)27(31)29(36)33-22-11-7-4-8-12-22/h3,5-6,9-10,13-18,20,22,24-27H,4,7-8,11-12H2,1-2H3,(H,32,35)(H,33,36)/t20-,24-,25+,26-,27-,31-/m1/s1. The van der Waals surface area contributed by atoms with E-state index in [9.17, 15) is 14.4 Å². The molecule has 3 amide bonds. The quantitative estimate of drug-likeness (QED) is 0.564. The Morgan fingerprint density at radius 2 is 1.71 bits per heavy atom. The molecule has 7 heteroatoms. The number of amides is 3. The normalized spacial score (nSPS) is 30.8. The molecular weight excluding hydrogens is 478 g/mol. The number of hydrogen-bond acceptors (Lipinski definition) is 4. The molecule has 4 aliphatic rings. The van der Waals surface area contributed by atoms with E-state index in [0.29, 0.717) is 5.69 Å². The maximum atomic E-state index is 14.3. The highest BCUT2D eigenvalue weighted by Crippen LogP contribution is 2.56. The summed E-state index contributed by atoms with van der Waals surface area (Å²) in [4.78, 5) is 43.6. The van der Waals surface area contributed by atoms with Crippen LogP contribution in [0.15, 0.2) is 66.7 Å². The summed E-state index contributed by atoms with van der Waals surface area (Å²) in [6.45, 7) is 3.94. The second-order valence-corrected chi connectivity index (χ2v) is 11.2. The molecular formula is C31H35N3O4. The average Bonchev–Trinajstić information content (AvgIpc) is 3.58. The first-order valence-corrected chi connectivity index (χ1v) is 13.8. The second-order valence-electron chi connectivity index (χ2n) is 11.2. The second kappa shape index (κ2) is 9.70. The Morgan fingerprint density at radius 1 is 1.00 bits per heavy atom. The molecule has 0 radical (unpaired) electrons. The van der Waals surface area contributed by atoms with Crippen molar-refractivity contribution in [3.05, 3.63) is 77.9 Å². The lowest BCUT2D eigenvalue weighted by Gasteiger charge is -2.37. The van der Waals surface area contributed by atoms with Crippen LogP contribution < -0.4 is 10.6 Å². The Hall–Kier alpha value is -3.45. The predicted octanol–water partition coefficient (Wildman–Crippen LogP) is 4.29. The summed E-state index contributed by atoms with van der Waals surface area (Å²) in [6.07, 6.45) is 8.44. The lowest BCUT2D eigenvalue weighted by atomic mass is 9.74. The molecule has 2 aromatic carbocycles. The van der Waals surface area contributed by atoms with Crippen LogP contribution in [0.2, 0.25) is 0 Å². The molecule has 1 aliphatic carbocycles. The lowest BCUT2D eigenvalue weighted by Crippen LogP contribution is -2.56. The number of fused-ring (bicyclic) bond motifs is 1. The number of anilines is 1. The molecule has 3 heterocycles. The van der Waals surface area contributed by atoms with Crippen molar-refractivity contribution >= 4 is 23.4 Å². The van der Waals surface area contributed by atoms with Crippen LogP contribution in [0.1, 0.15) is 56.2 Å². The molecule has 3 fully saturated rings. The fourth-order valence-corrected chi connectivity index (χ4v) is 6.91. The molecule has 6 atom stereocenters. The lowest BCUT2D eigenvalue weighted by molar-refractivity contribution is -0.143. The van der Waals surface area contributed by atoms with Gasteiger partial charge >= 0.3 is 0 Å². The van der Waals surface area contributed by atoms with Gasteiger partial charge in [-0.15, -0.1) is 0 Å². The summed E-state index contributed by atoms with van der Waals surface area (Å²) >= 11 is 0. The first kappa shape index (κ1) is 24.9. The summed E-state index contributed by atoms with van der Waals surface area (Å²) in [6, 6.07) is 16.2. The third-order valence-electron chi connectivity index (χ3n) is 8.83. The van der Waals surface area contributed by atoms with Crippen molar-refractivity contribution in [2.75, 3.05) is 5.32 Å². The molecule has 198 valence electrons. The van der Waals surface area contributed by atoms with Gasteiger partial charge in [-0.1, -0.05) is 79.4 Å². The molecule has 2 N–H and O–H groups in total. The predicted molar refractivity (Wildman–Crippen MR) is 144 cm³/mol. The molecule has 1 spiro atoms. The minimum atomic E-state index is -1.17. The zero-order valence-electron chi connectivity index (χ0n) is 21.9. The number of carbonyl (C=O) groups excluding carboxylic acids is 3. The van der Waals surface area contributed by atoms with Crippen LogP contribution in [0.25, 0.3) is 0 Å². The van der Waals surface area contributed by atoms with E-state index < -0.39 is 29.6 Å². The molecule has 1 saturated carbocycles. The van der Waals surface area contributed by atoms with Crippen LogP contribution >= 0.6 is 0 Å². The molecule has 6 rings (SSSR count). The van der Waals surface area contributed by atoms with Gasteiger partial charge < -0.3 is 20.3 Å². The maximum Gasteiger partial charge on any atom is 0.246 e. The van der Waals surface area contributed by atoms with Gasteiger partial charge in [-0.3, -0.25) is 14.4 Å². The molecule has 2 saturated heterocycles. The number of likely N-dealkylation sites (tertiary alicyclic amines) is 1. The van der Waals surface area contributed by atoms with E-state index in [1.807, 2.05) is 80.6 Å². The molecule has 0 unspecified atom stereocenters. The largest absolute Gasteiger partial charge is 0.359 e. The highest BCUT2D eigenvalue weighted by molar-refractivity contribution is 6.03. The third kappa shape index (κ3) is 4.04. The Bertz CT molecular complexity index is 1250. The van der Waals surface area contributed by atoms with E-state index in [0.717, 1.165) is 36.8 Å². The fourth-order valence-electron chi connectivity index (χ4n) is 6.91. The summed E-state index contributed by atoms with van der Waals surface area (Å²) < 4.78 is 6.49. The van der Waals surface area contributed by atoms with Crippen molar-refractivity contribution in [3.63, 3.8) is 0 Å². The van der Waals surface area contributed by atoms with E-state index in [-0.39, 0.29) is 29.8 Å². The van der Waals surface area contributed by atoms with Gasteiger partial charge in [0.15, 0.2) is 0 Å². The number of carbonyl (C=O) groups is 3. The molecule has 38 heavy (non-hydrogen) atoms. The van der Waals surface area contributed by atoms with Crippen molar-refractivity contribution < 1.29 is 19.1 Å². The number of hydrogen-bond donors (Lipinski definition) is 2. The van der Waals surface area contributed by atoms with Crippen LogP contribution in [0.4, 0.5) is 5.69 Å². The van der Waals surface area contributed by atoms with Crippen LogP contribution in [-0.4, -0.2) is 46.4 Å². The number of benzene rings is 2. The minimum absolute atomic E-state index is 0.0962. The summed E-state index contributed by atoms with van der Waals surface area (Å²) in [5.74, 6) is -2.14. The van der Waals surface area contributed by atoms with Crippen molar-refractivity contribution in [2.45, 2.75) is 75.8 Å². The van der Waals surface area contributed by atoms with Crippen LogP contribution in [0, 0.1) is 18.8 Å². The van der Waals surface area contributed by atoms with Crippen molar-refractivity contribution in [1.29, 1.82) is 0 Å². The van der Waals surface area contributed by atoms with E-state index in [2.05, 4.69) is 10.6 Å². The third-order valence-corrected chi connectivity index (χ3v) is 8.83. The van der Waals surface area contributed by atoms with Gasteiger partial charge in [-0.05, 0) is 44.4 Å². The van der Waals surface area contributed by atoms with Crippen LogP contribution in [0.3, 0.4) is 0 Å². The topological polar surface area (TPSA) is 87.7 Å². The Balaban J connectivity index is 1.35. The Morgan fingerprint density at radius 3 is 2.42 bits per heavy atom. The van der Waals surface area contributed by atoms with Gasteiger partial charge in [0.2, 0.25) is 17.7 Å². The Labute approximate surface area is 223 Å².